The molecule has 160 valence electrons. The van der Waals surface area contributed by atoms with Crippen molar-refractivity contribution in [1.29, 1.82) is 0 Å². The van der Waals surface area contributed by atoms with Gasteiger partial charge >= 0.3 is 0 Å². The van der Waals surface area contributed by atoms with Gasteiger partial charge in [-0.1, -0.05) is 65.7 Å². The molecule has 5 heteroatoms. The molecule has 0 bridgehead atoms. The van der Waals surface area contributed by atoms with Gasteiger partial charge in [0.1, 0.15) is 5.82 Å². The first-order valence-corrected chi connectivity index (χ1v) is 10.6. The zero-order chi connectivity index (χ0) is 22.5. The molecule has 1 heterocycles. The van der Waals surface area contributed by atoms with Crippen molar-refractivity contribution in [3.63, 3.8) is 0 Å². The quantitative estimate of drug-likeness (QED) is 0.400. The average molecular weight is 423 g/mol. The molecule has 2 N–H and O–H groups in total. The molecule has 1 aromatic heterocycles. The van der Waals surface area contributed by atoms with Gasteiger partial charge < -0.3 is 10.6 Å². The molecule has 0 aliphatic carbocycles. The number of hydrogen-bond acceptors (Lipinski definition) is 4. The maximum Gasteiger partial charge on any atom is 0.251 e. The third-order valence-electron chi connectivity index (χ3n) is 5.29. The van der Waals surface area contributed by atoms with Gasteiger partial charge in [0.25, 0.3) is 5.91 Å². The minimum absolute atomic E-state index is 0.0846. The topological polar surface area (TPSA) is 66.9 Å². The van der Waals surface area contributed by atoms with Crippen molar-refractivity contribution in [3.05, 3.63) is 107 Å². The lowest BCUT2D eigenvalue weighted by molar-refractivity contribution is 0.0940. The van der Waals surface area contributed by atoms with E-state index in [1.807, 2.05) is 81.4 Å². The minimum Gasteiger partial charge on any atom is -0.346 e. The number of aryl methyl sites for hydroxylation is 2. The summed E-state index contributed by atoms with van der Waals surface area (Å²) in [6.45, 7) is 6.08. The normalized spacial score (nSPS) is 11.6. The molecule has 0 radical (unpaired) electrons. The van der Waals surface area contributed by atoms with Crippen molar-refractivity contribution < 1.29 is 4.79 Å². The lowest BCUT2D eigenvalue weighted by Crippen LogP contribution is -2.26. The maximum absolute atomic E-state index is 12.8. The highest BCUT2D eigenvalue weighted by Crippen LogP contribution is 2.21. The molecule has 1 amide bonds. The maximum atomic E-state index is 12.8. The molecule has 1 unspecified atom stereocenters. The van der Waals surface area contributed by atoms with Crippen molar-refractivity contribution in [2.45, 2.75) is 26.8 Å². The number of nitrogens with zero attached hydrogens (tertiary/aromatic N) is 2. The number of rotatable bonds is 6. The van der Waals surface area contributed by atoms with Crippen LogP contribution >= 0.6 is 0 Å². The number of carbonyl (C=O) groups is 1. The predicted octanol–water partition coefficient (Wildman–Crippen LogP) is 6.00. The van der Waals surface area contributed by atoms with Gasteiger partial charge in [0.15, 0.2) is 5.82 Å². The van der Waals surface area contributed by atoms with Crippen LogP contribution < -0.4 is 10.6 Å². The molecule has 1 atom stereocenters. The summed E-state index contributed by atoms with van der Waals surface area (Å²) in [5.41, 5.74) is 5.78. The molecule has 4 rings (SSSR count). The Morgan fingerprint density at radius 3 is 2.28 bits per heavy atom. The Hall–Kier alpha value is -3.99. The number of carbonyl (C=O) groups excluding carboxylic acids is 1. The first-order chi connectivity index (χ1) is 15.5. The molecular formula is C27H26N4O. The number of anilines is 2. The number of benzene rings is 3. The largest absolute Gasteiger partial charge is 0.346 e. The van der Waals surface area contributed by atoms with E-state index >= 15 is 0 Å². The summed E-state index contributed by atoms with van der Waals surface area (Å²) in [5.74, 6) is 1.20. The van der Waals surface area contributed by atoms with E-state index in [1.165, 1.54) is 11.1 Å². The summed E-state index contributed by atoms with van der Waals surface area (Å²) >= 11 is 0. The molecule has 0 aliphatic heterocycles. The third kappa shape index (κ3) is 5.19. The molecule has 5 nitrogen and oxygen atoms in total. The van der Waals surface area contributed by atoms with E-state index in [0.717, 1.165) is 16.8 Å². The summed E-state index contributed by atoms with van der Waals surface area (Å²) in [7, 11) is 0. The Bertz CT molecular complexity index is 1220. The van der Waals surface area contributed by atoms with Crippen LogP contribution in [-0.4, -0.2) is 15.9 Å². The highest BCUT2D eigenvalue weighted by molar-refractivity contribution is 5.95. The fourth-order valence-electron chi connectivity index (χ4n) is 3.37. The Balaban J connectivity index is 1.47. The van der Waals surface area contributed by atoms with E-state index in [1.54, 1.807) is 12.3 Å². The molecule has 4 aromatic rings. The Morgan fingerprint density at radius 2 is 1.56 bits per heavy atom. The molecule has 3 aromatic carbocycles. The second kappa shape index (κ2) is 9.43. The first-order valence-electron chi connectivity index (χ1n) is 10.6. The standard InChI is InChI=1S/C27H26N4O/c1-18-7-11-21(12-8-18)20(3)29-27(32)23-5-4-6-24(17-23)30-25-15-16-28-26(31-25)22-13-9-19(2)10-14-22/h4-17,20H,1-3H3,(H,29,32)(H,28,30,31). The highest BCUT2D eigenvalue weighted by atomic mass is 16.1. The first kappa shape index (κ1) is 21.2. The van der Waals surface area contributed by atoms with E-state index in [2.05, 4.69) is 32.7 Å². The number of nitrogens with one attached hydrogen (secondary N) is 2. The minimum atomic E-state index is -0.121. The van der Waals surface area contributed by atoms with Crippen LogP contribution in [0.2, 0.25) is 0 Å². The fraction of sp³-hybridized carbons (Fsp3) is 0.148. The Labute approximate surface area is 188 Å². The number of aromatic nitrogens is 2. The van der Waals surface area contributed by atoms with E-state index in [0.29, 0.717) is 17.2 Å². The highest BCUT2D eigenvalue weighted by Gasteiger charge is 2.12. The zero-order valence-electron chi connectivity index (χ0n) is 18.5. The van der Waals surface area contributed by atoms with Crippen molar-refractivity contribution in [2.24, 2.45) is 0 Å². The molecule has 32 heavy (non-hydrogen) atoms. The van der Waals surface area contributed by atoms with Gasteiger partial charge in [-0.15, -0.1) is 0 Å². The Morgan fingerprint density at radius 1 is 0.875 bits per heavy atom. The van der Waals surface area contributed by atoms with Gasteiger partial charge in [-0.25, -0.2) is 9.97 Å². The van der Waals surface area contributed by atoms with Crippen LogP contribution in [0.3, 0.4) is 0 Å². The van der Waals surface area contributed by atoms with Crippen LogP contribution in [0.1, 0.15) is 40.0 Å². The van der Waals surface area contributed by atoms with Crippen LogP contribution in [0.15, 0.2) is 85.1 Å². The van der Waals surface area contributed by atoms with Crippen LogP contribution in [0.5, 0.6) is 0 Å². The molecule has 0 saturated heterocycles. The van der Waals surface area contributed by atoms with Gasteiger partial charge in [-0.05, 0) is 50.6 Å². The second-order valence-electron chi connectivity index (χ2n) is 7.94. The fourth-order valence-corrected chi connectivity index (χ4v) is 3.37. The van der Waals surface area contributed by atoms with E-state index in [-0.39, 0.29) is 11.9 Å². The van der Waals surface area contributed by atoms with Crippen LogP contribution in [-0.2, 0) is 0 Å². The van der Waals surface area contributed by atoms with Crippen molar-refractivity contribution in [1.82, 2.24) is 15.3 Å². The van der Waals surface area contributed by atoms with Crippen LogP contribution in [0.25, 0.3) is 11.4 Å². The summed E-state index contributed by atoms with van der Waals surface area (Å²) in [6, 6.07) is 25.4. The predicted molar refractivity (Wildman–Crippen MR) is 129 cm³/mol. The molecule has 0 aliphatic rings. The molecule has 0 fully saturated rings. The summed E-state index contributed by atoms with van der Waals surface area (Å²) in [4.78, 5) is 21.8. The average Bonchev–Trinajstić information content (AvgIpc) is 2.80. The lowest BCUT2D eigenvalue weighted by atomic mass is 10.1. The van der Waals surface area contributed by atoms with Gasteiger partial charge in [-0.3, -0.25) is 4.79 Å². The molecular weight excluding hydrogens is 396 g/mol. The second-order valence-corrected chi connectivity index (χ2v) is 7.94. The third-order valence-corrected chi connectivity index (χ3v) is 5.29. The van der Waals surface area contributed by atoms with Crippen molar-refractivity contribution in [3.8, 4) is 11.4 Å². The Kier molecular flexibility index (Phi) is 6.26. The summed E-state index contributed by atoms with van der Waals surface area (Å²) in [6.07, 6.45) is 1.73. The van der Waals surface area contributed by atoms with Crippen LogP contribution in [0, 0.1) is 13.8 Å². The van der Waals surface area contributed by atoms with E-state index in [9.17, 15) is 4.79 Å². The zero-order valence-corrected chi connectivity index (χ0v) is 18.5. The summed E-state index contributed by atoms with van der Waals surface area (Å²) < 4.78 is 0. The number of hydrogen-bond donors (Lipinski definition) is 2. The van der Waals surface area contributed by atoms with E-state index < -0.39 is 0 Å². The van der Waals surface area contributed by atoms with Gasteiger partial charge in [0.2, 0.25) is 0 Å². The smallest absolute Gasteiger partial charge is 0.251 e. The van der Waals surface area contributed by atoms with Gasteiger partial charge in [0, 0.05) is 23.0 Å². The lowest BCUT2D eigenvalue weighted by Gasteiger charge is -2.15. The van der Waals surface area contributed by atoms with Crippen molar-refractivity contribution >= 4 is 17.4 Å². The van der Waals surface area contributed by atoms with Crippen molar-refractivity contribution in [2.75, 3.05) is 5.32 Å². The number of amides is 1. The monoisotopic (exact) mass is 422 g/mol. The van der Waals surface area contributed by atoms with E-state index in [4.69, 9.17) is 0 Å². The van der Waals surface area contributed by atoms with Gasteiger partial charge in [0.05, 0.1) is 6.04 Å². The van der Waals surface area contributed by atoms with Crippen LogP contribution in [0.4, 0.5) is 11.5 Å². The summed E-state index contributed by atoms with van der Waals surface area (Å²) in [5, 5.41) is 6.35. The SMILES string of the molecule is Cc1ccc(-c2nccc(Nc3cccc(C(=O)NC(C)c4ccc(C)cc4)c3)n2)cc1. The molecule has 0 spiro atoms. The van der Waals surface area contributed by atoms with Gasteiger partial charge in [-0.2, -0.15) is 0 Å². The molecule has 0 saturated carbocycles.